The molecule has 1 heterocycles. The number of aliphatic hydroxyl groups excluding tert-OH is 1. The number of rotatable bonds is 9. The number of hydrogen-bond acceptors (Lipinski definition) is 4. The number of hydrogen-bond donors (Lipinski definition) is 1. The summed E-state index contributed by atoms with van der Waals surface area (Å²) in [6.45, 7) is 5.61. The summed E-state index contributed by atoms with van der Waals surface area (Å²) in [5.41, 5.74) is 1.26. The van der Waals surface area contributed by atoms with Crippen molar-refractivity contribution < 1.29 is 9.84 Å². The molecular weight excluding hydrogens is 264 g/mol. The maximum Gasteiger partial charge on any atom is 0.104 e. The average Bonchev–Trinajstić information content (AvgIpc) is 2.92. The Morgan fingerprint density at radius 1 is 1.33 bits per heavy atom. The Labute approximate surface area is 127 Å². The van der Waals surface area contributed by atoms with Gasteiger partial charge in [0.1, 0.15) is 5.84 Å². The monoisotopic (exact) mass is 290 g/mol. The minimum atomic E-state index is -0.444. The highest BCUT2D eigenvalue weighted by atomic mass is 16.5. The largest absolute Gasteiger partial charge is 0.389 e. The Morgan fingerprint density at radius 3 is 2.90 bits per heavy atom. The molecule has 1 N–H and O–H groups in total. The number of aliphatic imine (C=N–C) groups is 1. The van der Waals surface area contributed by atoms with Gasteiger partial charge in [-0.3, -0.25) is 4.99 Å². The number of ether oxygens (including phenoxy) is 1. The van der Waals surface area contributed by atoms with Gasteiger partial charge in [-0.25, -0.2) is 0 Å². The van der Waals surface area contributed by atoms with Gasteiger partial charge in [-0.05, 0) is 12.0 Å². The summed E-state index contributed by atoms with van der Waals surface area (Å²) >= 11 is 0. The van der Waals surface area contributed by atoms with E-state index in [0.29, 0.717) is 13.2 Å². The molecule has 2 rings (SSSR count). The van der Waals surface area contributed by atoms with Gasteiger partial charge in [-0.1, -0.05) is 43.7 Å². The van der Waals surface area contributed by atoms with Crippen LogP contribution in [0, 0.1) is 0 Å². The average molecular weight is 290 g/mol. The standard InChI is InChI=1S/C17H26N2O2/c1-2-3-11-21-14-16(20)13-19-10-9-18-17(19)12-15-7-5-4-6-8-15/h4-8,16,20H,2-3,9-14H2,1H3. The van der Waals surface area contributed by atoms with E-state index in [0.717, 1.165) is 44.8 Å². The first-order chi connectivity index (χ1) is 10.3. The van der Waals surface area contributed by atoms with Gasteiger partial charge >= 0.3 is 0 Å². The molecule has 4 nitrogen and oxygen atoms in total. The fourth-order valence-electron chi connectivity index (χ4n) is 2.44. The van der Waals surface area contributed by atoms with Gasteiger partial charge in [0.25, 0.3) is 0 Å². The van der Waals surface area contributed by atoms with Crippen LogP contribution in [-0.2, 0) is 11.2 Å². The number of amidine groups is 1. The van der Waals surface area contributed by atoms with Crippen LogP contribution in [0.1, 0.15) is 25.3 Å². The van der Waals surface area contributed by atoms with Crippen LogP contribution in [-0.4, -0.2) is 54.8 Å². The lowest BCUT2D eigenvalue weighted by Gasteiger charge is -2.23. The van der Waals surface area contributed by atoms with Crippen molar-refractivity contribution in [3.8, 4) is 0 Å². The quantitative estimate of drug-likeness (QED) is 0.709. The summed E-state index contributed by atoms with van der Waals surface area (Å²) < 4.78 is 5.48. The molecular formula is C17H26N2O2. The highest BCUT2D eigenvalue weighted by molar-refractivity contribution is 5.85. The lowest BCUT2D eigenvalue weighted by atomic mass is 10.1. The topological polar surface area (TPSA) is 45.1 Å². The van der Waals surface area contributed by atoms with Crippen LogP contribution < -0.4 is 0 Å². The molecule has 1 unspecified atom stereocenters. The number of unbranched alkanes of at least 4 members (excludes halogenated alkanes) is 1. The molecule has 1 aliphatic rings. The zero-order chi connectivity index (χ0) is 14.9. The second-order valence-corrected chi connectivity index (χ2v) is 5.49. The van der Waals surface area contributed by atoms with E-state index in [4.69, 9.17) is 4.74 Å². The molecule has 1 aliphatic heterocycles. The maximum absolute atomic E-state index is 10.1. The lowest BCUT2D eigenvalue weighted by molar-refractivity contribution is 0.0263. The van der Waals surface area contributed by atoms with E-state index >= 15 is 0 Å². The summed E-state index contributed by atoms with van der Waals surface area (Å²) in [5.74, 6) is 1.08. The van der Waals surface area contributed by atoms with Crippen LogP contribution in [0.3, 0.4) is 0 Å². The summed E-state index contributed by atoms with van der Waals surface area (Å²) in [4.78, 5) is 6.75. The molecule has 116 valence electrons. The van der Waals surface area contributed by atoms with E-state index in [1.165, 1.54) is 5.56 Å². The number of aliphatic hydroxyl groups is 1. The smallest absolute Gasteiger partial charge is 0.104 e. The molecule has 0 bridgehead atoms. The fourth-order valence-corrected chi connectivity index (χ4v) is 2.44. The van der Waals surface area contributed by atoms with E-state index in [1.807, 2.05) is 18.2 Å². The molecule has 0 aromatic heterocycles. The third-order valence-corrected chi connectivity index (χ3v) is 3.62. The molecule has 0 saturated heterocycles. The molecule has 0 radical (unpaired) electrons. The Kier molecular flexibility index (Phi) is 6.70. The molecule has 0 aliphatic carbocycles. The van der Waals surface area contributed by atoms with Gasteiger partial charge in [-0.15, -0.1) is 0 Å². The Hall–Kier alpha value is -1.39. The molecule has 21 heavy (non-hydrogen) atoms. The highest BCUT2D eigenvalue weighted by Crippen LogP contribution is 2.10. The van der Waals surface area contributed by atoms with Crippen LogP contribution in [0.25, 0.3) is 0 Å². The Bertz CT molecular complexity index is 434. The maximum atomic E-state index is 10.1. The van der Waals surface area contributed by atoms with Gasteiger partial charge in [0.05, 0.1) is 19.3 Å². The summed E-state index contributed by atoms with van der Waals surface area (Å²) in [7, 11) is 0. The molecule has 0 fully saturated rings. The van der Waals surface area contributed by atoms with Crippen molar-refractivity contribution in [3.05, 3.63) is 35.9 Å². The van der Waals surface area contributed by atoms with Crippen molar-refractivity contribution in [2.45, 2.75) is 32.3 Å². The fraction of sp³-hybridized carbons (Fsp3) is 0.588. The van der Waals surface area contributed by atoms with Gasteiger partial charge < -0.3 is 14.7 Å². The Morgan fingerprint density at radius 2 is 2.14 bits per heavy atom. The Balaban J connectivity index is 1.76. The van der Waals surface area contributed by atoms with E-state index in [-0.39, 0.29) is 0 Å². The summed E-state index contributed by atoms with van der Waals surface area (Å²) in [6.07, 6.45) is 2.57. The minimum Gasteiger partial charge on any atom is -0.389 e. The third kappa shape index (κ3) is 5.48. The van der Waals surface area contributed by atoms with Crippen LogP contribution in [0.2, 0.25) is 0 Å². The second kappa shape index (κ2) is 8.80. The first-order valence-corrected chi connectivity index (χ1v) is 7.87. The SMILES string of the molecule is CCCCOCC(O)CN1CCN=C1Cc1ccccc1. The van der Waals surface area contributed by atoms with Gasteiger partial charge in [0.15, 0.2) is 0 Å². The molecule has 0 spiro atoms. The first kappa shape index (κ1) is 16.0. The van der Waals surface area contributed by atoms with E-state index in [2.05, 4.69) is 28.9 Å². The molecule has 1 aromatic carbocycles. The minimum absolute atomic E-state index is 0.412. The van der Waals surface area contributed by atoms with Gasteiger partial charge in [0.2, 0.25) is 0 Å². The van der Waals surface area contributed by atoms with E-state index in [1.54, 1.807) is 0 Å². The molecule has 1 atom stereocenters. The van der Waals surface area contributed by atoms with Crippen molar-refractivity contribution in [1.82, 2.24) is 4.90 Å². The van der Waals surface area contributed by atoms with Gasteiger partial charge in [-0.2, -0.15) is 0 Å². The summed E-state index contributed by atoms with van der Waals surface area (Å²) in [6, 6.07) is 10.3. The number of benzene rings is 1. The zero-order valence-corrected chi connectivity index (χ0v) is 12.9. The second-order valence-electron chi connectivity index (χ2n) is 5.49. The number of β-amino-alcohol motifs (C(OH)–C–C–N with tert-alkyl or cyclic N) is 1. The summed E-state index contributed by atoms with van der Waals surface area (Å²) in [5, 5.41) is 10.1. The van der Waals surface area contributed by atoms with Crippen molar-refractivity contribution in [2.75, 3.05) is 32.8 Å². The normalized spacial score (nSPS) is 16.1. The van der Waals surface area contributed by atoms with Crippen LogP contribution >= 0.6 is 0 Å². The molecule has 0 amide bonds. The molecule has 1 aromatic rings. The van der Waals surface area contributed by atoms with Gasteiger partial charge in [0, 0.05) is 26.1 Å². The third-order valence-electron chi connectivity index (χ3n) is 3.62. The molecule has 0 saturated carbocycles. The van der Waals surface area contributed by atoms with Crippen molar-refractivity contribution in [1.29, 1.82) is 0 Å². The number of nitrogens with zero attached hydrogens (tertiary/aromatic N) is 2. The first-order valence-electron chi connectivity index (χ1n) is 7.87. The van der Waals surface area contributed by atoms with Crippen LogP contribution in [0.5, 0.6) is 0 Å². The van der Waals surface area contributed by atoms with Crippen LogP contribution in [0.4, 0.5) is 0 Å². The lowest BCUT2D eigenvalue weighted by Crippen LogP contribution is -2.38. The van der Waals surface area contributed by atoms with Crippen molar-refractivity contribution >= 4 is 5.84 Å². The zero-order valence-electron chi connectivity index (χ0n) is 12.9. The van der Waals surface area contributed by atoms with Crippen molar-refractivity contribution in [2.24, 2.45) is 4.99 Å². The van der Waals surface area contributed by atoms with Crippen LogP contribution in [0.15, 0.2) is 35.3 Å². The van der Waals surface area contributed by atoms with E-state index in [9.17, 15) is 5.11 Å². The predicted octanol–water partition coefficient (Wildman–Crippen LogP) is 2.12. The highest BCUT2D eigenvalue weighted by Gasteiger charge is 2.20. The predicted molar refractivity (Wildman–Crippen MR) is 85.8 cm³/mol. The van der Waals surface area contributed by atoms with E-state index < -0.39 is 6.10 Å². The van der Waals surface area contributed by atoms with Crippen molar-refractivity contribution in [3.63, 3.8) is 0 Å². The molecule has 4 heteroatoms.